The largest absolute Gasteiger partial charge is 0.320 e. The second-order valence-corrected chi connectivity index (χ2v) is 5.47. The maximum atomic E-state index is 14.0. The average Bonchev–Trinajstić information content (AvgIpc) is 2.38. The van der Waals surface area contributed by atoms with Gasteiger partial charge in [0.05, 0.1) is 5.54 Å². The van der Waals surface area contributed by atoms with Crippen LogP contribution in [0.2, 0.25) is 0 Å². The minimum absolute atomic E-state index is 0.101. The standard InChI is InChI=1S/C16H27FN2/c1-5-11-19(12-6-2)13(3)16(4,18)14-9-7-8-10-15(14)17/h7-10,13H,5-6,11-12,18H2,1-4H3. The molecule has 3 heteroatoms. The predicted octanol–water partition coefficient (Wildman–Crippen LogP) is 3.51. The summed E-state index contributed by atoms with van der Waals surface area (Å²) in [6.07, 6.45) is 2.16. The highest BCUT2D eigenvalue weighted by Crippen LogP contribution is 2.27. The van der Waals surface area contributed by atoms with Crippen LogP contribution in [0.5, 0.6) is 0 Å². The van der Waals surface area contributed by atoms with Gasteiger partial charge in [0.1, 0.15) is 5.82 Å². The van der Waals surface area contributed by atoms with Crippen molar-refractivity contribution in [1.29, 1.82) is 0 Å². The molecule has 0 bridgehead atoms. The van der Waals surface area contributed by atoms with Gasteiger partial charge < -0.3 is 5.73 Å². The van der Waals surface area contributed by atoms with Crippen LogP contribution in [-0.4, -0.2) is 24.0 Å². The lowest BCUT2D eigenvalue weighted by molar-refractivity contribution is 0.138. The van der Waals surface area contributed by atoms with Gasteiger partial charge in [0.15, 0.2) is 0 Å². The summed E-state index contributed by atoms with van der Waals surface area (Å²) in [5.74, 6) is -0.215. The van der Waals surface area contributed by atoms with Gasteiger partial charge in [0.25, 0.3) is 0 Å². The summed E-state index contributed by atoms with van der Waals surface area (Å²) < 4.78 is 14.0. The number of halogens is 1. The molecule has 2 nitrogen and oxygen atoms in total. The quantitative estimate of drug-likeness (QED) is 0.818. The Balaban J connectivity index is 3.00. The van der Waals surface area contributed by atoms with Crippen molar-refractivity contribution < 1.29 is 4.39 Å². The van der Waals surface area contributed by atoms with Gasteiger partial charge in [-0.25, -0.2) is 4.39 Å². The lowest BCUT2D eigenvalue weighted by atomic mass is 9.85. The third-order valence-electron chi connectivity index (χ3n) is 3.89. The van der Waals surface area contributed by atoms with Gasteiger partial charge >= 0.3 is 0 Å². The number of hydrogen-bond donors (Lipinski definition) is 1. The molecule has 1 rings (SSSR count). The summed E-state index contributed by atoms with van der Waals surface area (Å²) in [5.41, 5.74) is 6.37. The lowest BCUT2D eigenvalue weighted by Crippen LogP contribution is -2.53. The molecule has 0 aliphatic rings. The fourth-order valence-electron chi connectivity index (χ4n) is 2.58. The Morgan fingerprint density at radius 2 is 1.74 bits per heavy atom. The van der Waals surface area contributed by atoms with Crippen molar-refractivity contribution in [3.8, 4) is 0 Å². The van der Waals surface area contributed by atoms with Crippen molar-refractivity contribution in [3.63, 3.8) is 0 Å². The Morgan fingerprint density at radius 3 is 2.21 bits per heavy atom. The molecule has 0 spiro atoms. The Kier molecular flexibility index (Phi) is 5.95. The molecule has 0 saturated heterocycles. The van der Waals surface area contributed by atoms with Crippen LogP contribution < -0.4 is 5.73 Å². The SMILES string of the molecule is CCCN(CCC)C(C)C(C)(N)c1ccccc1F. The highest BCUT2D eigenvalue weighted by Gasteiger charge is 2.34. The predicted molar refractivity (Wildman–Crippen MR) is 79.6 cm³/mol. The maximum Gasteiger partial charge on any atom is 0.128 e. The molecular weight excluding hydrogens is 239 g/mol. The molecule has 0 radical (unpaired) electrons. The lowest BCUT2D eigenvalue weighted by Gasteiger charge is -2.40. The molecular formula is C16H27FN2. The summed E-state index contributed by atoms with van der Waals surface area (Å²) >= 11 is 0. The summed E-state index contributed by atoms with van der Waals surface area (Å²) in [6, 6.07) is 6.93. The molecule has 0 heterocycles. The van der Waals surface area contributed by atoms with Crippen molar-refractivity contribution in [2.75, 3.05) is 13.1 Å². The highest BCUT2D eigenvalue weighted by atomic mass is 19.1. The van der Waals surface area contributed by atoms with Gasteiger partial charge in [-0.3, -0.25) is 4.90 Å². The first kappa shape index (κ1) is 16.1. The molecule has 0 aliphatic heterocycles. The van der Waals surface area contributed by atoms with Gasteiger partial charge in [-0.05, 0) is 45.8 Å². The van der Waals surface area contributed by atoms with Crippen LogP contribution in [0.1, 0.15) is 46.1 Å². The summed E-state index contributed by atoms with van der Waals surface area (Å²) in [6.45, 7) is 10.3. The van der Waals surface area contributed by atoms with E-state index in [9.17, 15) is 4.39 Å². The van der Waals surface area contributed by atoms with E-state index < -0.39 is 5.54 Å². The van der Waals surface area contributed by atoms with Crippen molar-refractivity contribution in [2.45, 2.75) is 52.1 Å². The van der Waals surface area contributed by atoms with E-state index in [1.54, 1.807) is 12.1 Å². The third kappa shape index (κ3) is 3.77. The normalized spacial score (nSPS) is 16.4. The van der Waals surface area contributed by atoms with Gasteiger partial charge in [-0.15, -0.1) is 0 Å². The van der Waals surface area contributed by atoms with Gasteiger partial charge in [-0.1, -0.05) is 32.0 Å². The van der Waals surface area contributed by atoms with Crippen molar-refractivity contribution in [3.05, 3.63) is 35.6 Å². The summed E-state index contributed by atoms with van der Waals surface area (Å²) in [4.78, 5) is 2.35. The van der Waals surface area contributed by atoms with Crippen LogP contribution in [0.4, 0.5) is 4.39 Å². The van der Waals surface area contributed by atoms with Crippen LogP contribution in [-0.2, 0) is 5.54 Å². The Hall–Kier alpha value is -0.930. The van der Waals surface area contributed by atoms with Gasteiger partial charge in [0.2, 0.25) is 0 Å². The van der Waals surface area contributed by atoms with E-state index in [4.69, 9.17) is 5.73 Å². The molecule has 0 aromatic heterocycles. The van der Waals surface area contributed by atoms with Crippen LogP contribution in [0.15, 0.2) is 24.3 Å². The van der Waals surface area contributed by atoms with E-state index in [1.807, 2.05) is 13.0 Å². The van der Waals surface area contributed by atoms with Crippen molar-refractivity contribution in [2.24, 2.45) is 5.73 Å². The maximum absolute atomic E-state index is 14.0. The number of benzene rings is 1. The van der Waals surface area contributed by atoms with Gasteiger partial charge in [0, 0.05) is 11.6 Å². The topological polar surface area (TPSA) is 29.3 Å². The first-order valence-electron chi connectivity index (χ1n) is 7.23. The smallest absolute Gasteiger partial charge is 0.128 e. The van der Waals surface area contributed by atoms with Crippen LogP contribution in [0, 0.1) is 5.82 Å². The van der Waals surface area contributed by atoms with Crippen LogP contribution in [0.25, 0.3) is 0 Å². The zero-order valence-electron chi connectivity index (χ0n) is 12.6. The van der Waals surface area contributed by atoms with Crippen LogP contribution in [0.3, 0.4) is 0 Å². The number of nitrogens with two attached hydrogens (primary N) is 1. The molecule has 0 saturated carbocycles. The monoisotopic (exact) mass is 266 g/mol. The van der Waals surface area contributed by atoms with Gasteiger partial charge in [-0.2, -0.15) is 0 Å². The van der Waals surface area contributed by atoms with Crippen molar-refractivity contribution >= 4 is 0 Å². The summed E-state index contributed by atoms with van der Waals surface area (Å²) in [5, 5.41) is 0. The van der Waals surface area contributed by atoms with Crippen LogP contribution >= 0.6 is 0 Å². The molecule has 19 heavy (non-hydrogen) atoms. The average molecular weight is 266 g/mol. The van der Waals surface area contributed by atoms with E-state index in [0.717, 1.165) is 25.9 Å². The second kappa shape index (κ2) is 7.01. The Morgan fingerprint density at radius 1 is 1.21 bits per heavy atom. The first-order valence-corrected chi connectivity index (χ1v) is 7.23. The molecule has 0 amide bonds. The molecule has 108 valence electrons. The van der Waals surface area contributed by atoms with E-state index in [-0.39, 0.29) is 11.9 Å². The minimum Gasteiger partial charge on any atom is -0.320 e. The fourth-order valence-corrected chi connectivity index (χ4v) is 2.58. The Labute approximate surface area is 116 Å². The molecule has 0 fully saturated rings. The molecule has 1 aromatic carbocycles. The highest BCUT2D eigenvalue weighted by molar-refractivity contribution is 5.27. The van der Waals surface area contributed by atoms with E-state index in [0.29, 0.717) is 5.56 Å². The number of hydrogen-bond acceptors (Lipinski definition) is 2. The zero-order valence-corrected chi connectivity index (χ0v) is 12.6. The fraction of sp³-hybridized carbons (Fsp3) is 0.625. The number of rotatable bonds is 7. The molecule has 2 atom stereocenters. The van der Waals surface area contributed by atoms with E-state index in [1.165, 1.54) is 6.07 Å². The van der Waals surface area contributed by atoms with E-state index >= 15 is 0 Å². The molecule has 2 unspecified atom stereocenters. The minimum atomic E-state index is -0.685. The molecule has 0 aliphatic carbocycles. The number of nitrogens with zero attached hydrogens (tertiary/aromatic N) is 1. The third-order valence-corrected chi connectivity index (χ3v) is 3.89. The van der Waals surface area contributed by atoms with Crippen molar-refractivity contribution in [1.82, 2.24) is 4.90 Å². The Bertz CT molecular complexity index is 384. The van der Waals surface area contributed by atoms with E-state index in [2.05, 4.69) is 25.7 Å². The molecule has 2 N–H and O–H groups in total. The second-order valence-electron chi connectivity index (χ2n) is 5.47. The first-order chi connectivity index (χ1) is 8.95. The zero-order chi connectivity index (χ0) is 14.5. The summed E-state index contributed by atoms with van der Waals surface area (Å²) in [7, 11) is 0. The molecule has 1 aromatic rings.